The summed E-state index contributed by atoms with van der Waals surface area (Å²) in [5, 5.41) is 10.9. The molecule has 1 aliphatic heterocycles. The van der Waals surface area contributed by atoms with Gasteiger partial charge in [0.15, 0.2) is 5.69 Å². The first-order valence-electron chi connectivity index (χ1n) is 5.24. The van der Waals surface area contributed by atoms with Crippen LogP contribution in [0.1, 0.15) is 16.9 Å². The summed E-state index contributed by atoms with van der Waals surface area (Å²) in [5.74, 6) is 0.130. The molecule has 6 heteroatoms. The highest BCUT2D eigenvalue weighted by Crippen LogP contribution is 2.12. The number of nitrogens with two attached hydrogens (primary N) is 1. The molecule has 16 heavy (non-hydrogen) atoms. The summed E-state index contributed by atoms with van der Waals surface area (Å²) in [7, 11) is 2.09. The van der Waals surface area contributed by atoms with E-state index in [2.05, 4.69) is 27.5 Å². The fourth-order valence-electron chi connectivity index (χ4n) is 1.80. The summed E-state index contributed by atoms with van der Waals surface area (Å²) in [5.41, 5.74) is 5.27. The molecule has 1 atom stereocenters. The maximum absolute atomic E-state index is 10.8. The van der Waals surface area contributed by atoms with Gasteiger partial charge in [-0.1, -0.05) is 0 Å². The van der Waals surface area contributed by atoms with Gasteiger partial charge in [0, 0.05) is 12.6 Å². The van der Waals surface area contributed by atoms with Crippen LogP contribution in [-0.4, -0.2) is 47.2 Å². The Balaban J connectivity index is 1.97. The van der Waals surface area contributed by atoms with Crippen LogP contribution in [0.15, 0.2) is 12.1 Å². The molecule has 0 saturated carbocycles. The number of hydrogen-bond acceptors (Lipinski definition) is 5. The van der Waals surface area contributed by atoms with Crippen LogP contribution in [0.4, 0.5) is 5.82 Å². The smallest absolute Gasteiger partial charge is 0.269 e. The van der Waals surface area contributed by atoms with Crippen molar-refractivity contribution in [2.24, 2.45) is 5.73 Å². The number of likely N-dealkylation sites (N-methyl/N-ethyl adjacent to an activating group) is 1. The summed E-state index contributed by atoms with van der Waals surface area (Å²) in [6.07, 6.45) is 1.09. The molecule has 1 aromatic rings. The number of aromatic nitrogens is 2. The first kappa shape index (κ1) is 10.8. The summed E-state index contributed by atoms with van der Waals surface area (Å²) >= 11 is 0. The van der Waals surface area contributed by atoms with Gasteiger partial charge in [0.2, 0.25) is 0 Å². The quantitative estimate of drug-likeness (QED) is 0.731. The largest absolute Gasteiger partial charge is 0.365 e. The maximum atomic E-state index is 10.8. The molecular formula is C10H15N5O. The lowest BCUT2D eigenvalue weighted by Crippen LogP contribution is -2.24. The van der Waals surface area contributed by atoms with Crippen molar-refractivity contribution >= 4 is 11.7 Å². The van der Waals surface area contributed by atoms with E-state index in [1.165, 1.54) is 0 Å². The Bertz CT molecular complexity index is 377. The number of nitrogens with one attached hydrogen (secondary N) is 1. The molecule has 2 heterocycles. The minimum atomic E-state index is -0.556. The molecule has 1 fully saturated rings. The van der Waals surface area contributed by atoms with Gasteiger partial charge in [-0.25, -0.2) is 0 Å². The maximum Gasteiger partial charge on any atom is 0.269 e. The Labute approximate surface area is 93.8 Å². The zero-order valence-corrected chi connectivity index (χ0v) is 9.18. The minimum absolute atomic E-state index is 0.189. The van der Waals surface area contributed by atoms with Crippen molar-refractivity contribution in [3.63, 3.8) is 0 Å². The molecule has 3 N–H and O–H groups in total. The molecule has 2 rings (SSSR count). The van der Waals surface area contributed by atoms with Crippen LogP contribution in [0, 0.1) is 0 Å². The van der Waals surface area contributed by atoms with Crippen LogP contribution in [0.2, 0.25) is 0 Å². The van der Waals surface area contributed by atoms with Crippen molar-refractivity contribution < 1.29 is 4.79 Å². The van der Waals surface area contributed by atoms with E-state index >= 15 is 0 Å². The summed E-state index contributed by atoms with van der Waals surface area (Å²) in [4.78, 5) is 13.0. The normalized spacial score (nSPS) is 20.9. The highest BCUT2D eigenvalue weighted by Gasteiger charge is 2.19. The molecule has 0 aromatic carbocycles. The second-order valence-corrected chi connectivity index (χ2v) is 4.06. The Hall–Kier alpha value is -1.69. The zero-order chi connectivity index (χ0) is 11.5. The predicted molar refractivity (Wildman–Crippen MR) is 60.1 cm³/mol. The molecule has 1 aliphatic rings. The number of nitrogens with zero attached hydrogens (tertiary/aromatic N) is 3. The van der Waals surface area contributed by atoms with Crippen molar-refractivity contribution in [1.29, 1.82) is 0 Å². The van der Waals surface area contributed by atoms with Gasteiger partial charge >= 0.3 is 0 Å². The number of likely N-dealkylation sites (tertiary alicyclic amines) is 1. The van der Waals surface area contributed by atoms with E-state index in [-0.39, 0.29) is 5.69 Å². The number of carbonyl (C=O) groups is 1. The Morgan fingerprint density at radius 2 is 2.38 bits per heavy atom. The monoisotopic (exact) mass is 221 g/mol. The van der Waals surface area contributed by atoms with Gasteiger partial charge in [-0.05, 0) is 32.1 Å². The molecule has 86 valence electrons. The number of primary amides is 1. The topological polar surface area (TPSA) is 84.1 Å². The van der Waals surface area contributed by atoms with E-state index in [0.29, 0.717) is 11.9 Å². The number of carbonyl (C=O) groups excluding carboxylic acids is 1. The standard InChI is InChI=1S/C10H15N5O/c1-15-5-4-7(6-15)12-9-3-2-8(10(11)16)13-14-9/h2-3,7H,4-6H2,1H3,(H2,11,16)(H,12,14). The molecule has 6 nitrogen and oxygen atoms in total. The van der Waals surface area contributed by atoms with E-state index in [9.17, 15) is 4.79 Å². The van der Waals surface area contributed by atoms with Crippen molar-refractivity contribution in [2.75, 3.05) is 25.5 Å². The highest BCUT2D eigenvalue weighted by molar-refractivity contribution is 5.90. The van der Waals surface area contributed by atoms with Gasteiger partial charge in [0.05, 0.1) is 0 Å². The molecule has 1 amide bonds. The van der Waals surface area contributed by atoms with Crippen molar-refractivity contribution in [1.82, 2.24) is 15.1 Å². The van der Waals surface area contributed by atoms with Crippen LogP contribution in [0.5, 0.6) is 0 Å². The van der Waals surface area contributed by atoms with E-state index in [1.807, 2.05) is 0 Å². The summed E-state index contributed by atoms with van der Waals surface area (Å²) in [6.45, 7) is 2.09. The average Bonchev–Trinajstić information content (AvgIpc) is 2.65. The lowest BCUT2D eigenvalue weighted by atomic mass is 10.2. The SMILES string of the molecule is CN1CCC(Nc2ccc(C(N)=O)nn2)C1. The third kappa shape index (κ3) is 2.46. The van der Waals surface area contributed by atoms with E-state index in [4.69, 9.17) is 5.73 Å². The average molecular weight is 221 g/mol. The van der Waals surface area contributed by atoms with E-state index in [0.717, 1.165) is 19.5 Å². The van der Waals surface area contributed by atoms with Crippen LogP contribution >= 0.6 is 0 Å². The molecule has 1 saturated heterocycles. The van der Waals surface area contributed by atoms with Gasteiger partial charge in [-0.15, -0.1) is 10.2 Å². The number of anilines is 1. The van der Waals surface area contributed by atoms with Crippen LogP contribution in [0.3, 0.4) is 0 Å². The first-order valence-corrected chi connectivity index (χ1v) is 5.24. The minimum Gasteiger partial charge on any atom is -0.365 e. The van der Waals surface area contributed by atoms with Crippen LogP contribution in [0.25, 0.3) is 0 Å². The fraction of sp³-hybridized carbons (Fsp3) is 0.500. The number of hydrogen-bond donors (Lipinski definition) is 2. The van der Waals surface area contributed by atoms with Crippen LogP contribution in [-0.2, 0) is 0 Å². The molecule has 0 radical (unpaired) electrons. The molecule has 0 aliphatic carbocycles. The fourth-order valence-corrected chi connectivity index (χ4v) is 1.80. The second-order valence-electron chi connectivity index (χ2n) is 4.06. The number of rotatable bonds is 3. The van der Waals surface area contributed by atoms with Crippen LogP contribution < -0.4 is 11.1 Å². The van der Waals surface area contributed by atoms with Gasteiger partial charge in [-0.3, -0.25) is 4.79 Å². The first-order chi connectivity index (χ1) is 7.65. The molecule has 0 spiro atoms. The van der Waals surface area contributed by atoms with Gasteiger partial charge in [0.25, 0.3) is 5.91 Å². The van der Waals surface area contributed by atoms with Crippen molar-refractivity contribution in [3.8, 4) is 0 Å². The van der Waals surface area contributed by atoms with Crippen molar-refractivity contribution in [2.45, 2.75) is 12.5 Å². The van der Waals surface area contributed by atoms with Gasteiger partial charge in [-0.2, -0.15) is 0 Å². The molecule has 0 bridgehead atoms. The van der Waals surface area contributed by atoms with Gasteiger partial charge < -0.3 is 16.0 Å². The summed E-state index contributed by atoms with van der Waals surface area (Å²) < 4.78 is 0. The lowest BCUT2D eigenvalue weighted by molar-refractivity contribution is 0.0994. The number of amides is 1. The second kappa shape index (κ2) is 4.44. The molecule has 1 aromatic heterocycles. The van der Waals surface area contributed by atoms with Crippen molar-refractivity contribution in [3.05, 3.63) is 17.8 Å². The van der Waals surface area contributed by atoms with Gasteiger partial charge in [0.1, 0.15) is 5.82 Å². The lowest BCUT2D eigenvalue weighted by Gasteiger charge is -2.12. The van der Waals surface area contributed by atoms with E-state index < -0.39 is 5.91 Å². The molecular weight excluding hydrogens is 206 g/mol. The third-order valence-corrected chi connectivity index (χ3v) is 2.66. The highest BCUT2D eigenvalue weighted by atomic mass is 16.1. The third-order valence-electron chi connectivity index (χ3n) is 2.66. The Morgan fingerprint density at radius 3 is 2.88 bits per heavy atom. The molecule has 1 unspecified atom stereocenters. The predicted octanol–water partition coefficient (Wildman–Crippen LogP) is -0.308. The Morgan fingerprint density at radius 1 is 1.56 bits per heavy atom. The Kier molecular flexibility index (Phi) is 3.00. The van der Waals surface area contributed by atoms with E-state index in [1.54, 1.807) is 12.1 Å². The summed E-state index contributed by atoms with van der Waals surface area (Å²) in [6, 6.07) is 3.71. The zero-order valence-electron chi connectivity index (χ0n) is 9.18.